The molecule has 1 aliphatic heterocycles. The Balaban J connectivity index is 2.27. The average Bonchev–Trinajstić information content (AvgIpc) is 2.99. The third kappa shape index (κ3) is 3.31. The summed E-state index contributed by atoms with van der Waals surface area (Å²) in [6, 6.07) is 13.1. The molecule has 5 heteroatoms. The summed E-state index contributed by atoms with van der Waals surface area (Å²) >= 11 is 19.3. The Morgan fingerprint density at radius 2 is 1.32 bits per heavy atom. The maximum Gasteiger partial charge on any atom is 0.257 e. The Kier molecular flexibility index (Phi) is 5.13. The summed E-state index contributed by atoms with van der Waals surface area (Å²) in [4.78, 5) is 0. The number of benzene rings is 2. The quantitative estimate of drug-likeness (QED) is 0.493. The number of nitrogens with one attached hydrogen (secondary N) is 1. The molecule has 0 saturated carbocycles. The second-order valence-corrected chi connectivity index (χ2v) is 9.40. The summed E-state index contributed by atoms with van der Waals surface area (Å²) in [5.74, 6) is 0. The first kappa shape index (κ1) is 19.0. The van der Waals surface area contributed by atoms with Crippen LogP contribution in [0.4, 0.5) is 11.4 Å². The topological polar surface area (TPSA) is 12.0 Å². The highest BCUT2D eigenvalue weighted by molar-refractivity contribution is 6.68. The van der Waals surface area contributed by atoms with Crippen LogP contribution in [0.15, 0.2) is 36.4 Å². The highest BCUT2D eigenvalue weighted by Gasteiger charge is 2.55. The highest BCUT2D eigenvalue weighted by Crippen LogP contribution is 2.47. The van der Waals surface area contributed by atoms with Crippen LogP contribution in [-0.2, 0) is 0 Å². The van der Waals surface area contributed by atoms with Gasteiger partial charge in [0, 0.05) is 12.1 Å². The fourth-order valence-corrected chi connectivity index (χ4v) is 4.41. The Morgan fingerprint density at radius 3 is 1.72 bits per heavy atom. The van der Waals surface area contributed by atoms with Gasteiger partial charge in [0.25, 0.3) is 3.79 Å². The van der Waals surface area contributed by atoms with E-state index in [0.717, 1.165) is 24.5 Å². The first-order chi connectivity index (χ1) is 11.7. The third-order valence-electron chi connectivity index (χ3n) is 5.46. The van der Waals surface area contributed by atoms with Gasteiger partial charge in [-0.2, -0.15) is 0 Å². The summed E-state index contributed by atoms with van der Waals surface area (Å²) in [7, 11) is 0. The number of hydrogen-bond donors (Lipinski definition) is 1. The molecule has 25 heavy (non-hydrogen) atoms. The highest BCUT2D eigenvalue weighted by atomic mass is 35.6. The van der Waals surface area contributed by atoms with E-state index < -0.39 is 3.79 Å². The van der Waals surface area contributed by atoms with Crippen LogP contribution in [-0.4, -0.2) is 23.0 Å². The third-order valence-corrected chi connectivity index (χ3v) is 6.08. The second-order valence-electron chi connectivity index (χ2n) is 7.03. The molecule has 0 aliphatic carbocycles. The van der Waals surface area contributed by atoms with E-state index in [1.807, 2.05) is 0 Å². The van der Waals surface area contributed by atoms with Gasteiger partial charge in [0.1, 0.15) is 17.9 Å². The van der Waals surface area contributed by atoms with Crippen molar-refractivity contribution in [2.24, 2.45) is 0 Å². The molecule has 1 atom stereocenters. The first-order valence-corrected chi connectivity index (χ1v) is 9.63. The molecule has 2 nitrogen and oxygen atoms in total. The molecule has 0 radical (unpaired) electrons. The monoisotopic (exact) mass is 397 g/mol. The lowest BCUT2D eigenvalue weighted by Crippen LogP contribution is -2.58. The Bertz CT molecular complexity index is 745. The van der Waals surface area contributed by atoms with Crippen molar-refractivity contribution < 1.29 is 0 Å². The van der Waals surface area contributed by atoms with Crippen molar-refractivity contribution in [2.75, 3.05) is 13.1 Å². The van der Waals surface area contributed by atoms with E-state index in [2.05, 4.69) is 69.4 Å². The van der Waals surface area contributed by atoms with Gasteiger partial charge in [-0.3, -0.25) is 5.32 Å². The van der Waals surface area contributed by atoms with Crippen LogP contribution in [0.2, 0.25) is 0 Å². The molecule has 2 aromatic rings. The minimum absolute atomic E-state index is 0.346. The van der Waals surface area contributed by atoms with Crippen LogP contribution < -0.4 is 9.80 Å². The van der Waals surface area contributed by atoms with Crippen molar-refractivity contribution in [3.8, 4) is 0 Å². The lowest BCUT2D eigenvalue weighted by atomic mass is 10.0. The van der Waals surface area contributed by atoms with Gasteiger partial charge in [-0.1, -0.05) is 46.9 Å². The van der Waals surface area contributed by atoms with Gasteiger partial charge in [0.15, 0.2) is 0 Å². The molecule has 0 aromatic heterocycles. The van der Waals surface area contributed by atoms with Crippen LogP contribution in [0.3, 0.4) is 0 Å². The molecule has 2 aromatic carbocycles. The van der Waals surface area contributed by atoms with Crippen molar-refractivity contribution in [3.05, 3.63) is 58.7 Å². The van der Waals surface area contributed by atoms with Gasteiger partial charge in [0.2, 0.25) is 6.17 Å². The van der Waals surface area contributed by atoms with E-state index in [-0.39, 0.29) is 6.17 Å². The standard InChI is InChI=1S/C20H24Cl3N2/c1-13-5-7-17(11-15(13)3)25(10-9-24-19(25)20(21,22)23)18-8-6-14(2)16(4)12-18/h5-8,11-12,19,24H,9-10H2,1-4H3/q+1. The normalized spacial score (nSPS) is 20.0. The summed E-state index contributed by atoms with van der Waals surface area (Å²) in [5, 5.41) is 3.43. The Morgan fingerprint density at radius 1 is 0.840 bits per heavy atom. The smallest absolute Gasteiger partial charge is 0.257 e. The molecule has 1 heterocycles. The Labute approximate surface area is 165 Å². The minimum Gasteiger partial charge on any atom is -0.258 e. The van der Waals surface area contributed by atoms with E-state index in [1.54, 1.807) is 0 Å². The van der Waals surface area contributed by atoms with Crippen molar-refractivity contribution in [3.63, 3.8) is 0 Å². The molecule has 0 amide bonds. The van der Waals surface area contributed by atoms with Gasteiger partial charge in [-0.15, -0.1) is 0 Å². The van der Waals surface area contributed by atoms with Crippen LogP contribution in [0.5, 0.6) is 0 Å². The zero-order valence-corrected chi connectivity index (χ0v) is 17.3. The predicted octanol–water partition coefficient (Wildman–Crippen LogP) is 5.86. The van der Waals surface area contributed by atoms with Gasteiger partial charge in [-0.25, -0.2) is 4.48 Å². The van der Waals surface area contributed by atoms with Crippen LogP contribution >= 0.6 is 34.8 Å². The van der Waals surface area contributed by atoms with E-state index in [1.165, 1.54) is 22.3 Å². The SMILES string of the molecule is Cc1ccc([N+]2(c3ccc(C)c(C)c3)CCNC2C(Cl)(Cl)Cl)cc1C. The van der Waals surface area contributed by atoms with Gasteiger partial charge < -0.3 is 0 Å². The molecule has 3 rings (SSSR count). The van der Waals surface area contributed by atoms with E-state index in [0.29, 0.717) is 4.48 Å². The zero-order valence-electron chi connectivity index (χ0n) is 15.0. The minimum atomic E-state index is -1.42. The summed E-state index contributed by atoms with van der Waals surface area (Å²) in [6.07, 6.45) is -0.346. The fraction of sp³-hybridized carbons (Fsp3) is 0.400. The molecule has 1 N–H and O–H groups in total. The van der Waals surface area contributed by atoms with Gasteiger partial charge >= 0.3 is 0 Å². The van der Waals surface area contributed by atoms with E-state index in [9.17, 15) is 0 Å². The molecular formula is C20H24Cl3N2+. The molecule has 1 unspecified atom stereocenters. The first-order valence-electron chi connectivity index (χ1n) is 8.50. The number of rotatable bonds is 2. The number of halogens is 3. The molecule has 134 valence electrons. The predicted molar refractivity (Wildman–Crippen MR) is 110 cm³/mol. The summed E-state index contributed by atoms with van der Waals surface area (Å²) < 4.78 is -0.924. The maximum absolute atomic E-state index is 6.42. The molecular weight excluding hydrogens is 375 g/mol. The van der Waals surface area contributed by atoms with E-state index >= 15 is 0 Å². The van der Waals surface area contributed by atoms with Crippen LogP contribution in [0.1, 0.15) is 22.3 Å². The Hall–Kier alpha value is -0.770. The lowest BCUT2D eigenvalue weighted by molar-refractivity contribution is 0.339. The zero-order chi connectivity index (χ0) is 18.4. The number of quaternary nitrogens is 1. The van der Waals surface area contributed by atoms with Crippen LogP contribution in [0, 0.1) is 27.7 Å². The maximum atomic E-state index is 6.42. The molecule has 1 fully saturated rings. The van der Waals surface area contributed by atoms with Crippen molar-refractivity contribution >= 4 is 46.2 Å². The van der Waals surface area contributed by atoms with Crippen molar-refractivity contribution in [1.29, 1.82) is 0 Å². The van der Waals surface area contributed by atoms with Gasteiger partial charge in [0.05, 0.1) is 6.54 Å². The molecule has 0 bridgehead atoms. The van der Waals surface area contributed by atoms with Crippen molar-refractivity contribution in [1.82, 2.24) is 9.80 Å². The van der Waals surface area contributed by atoms with Gasteiger partial charge in [-0.05, 0) is 62.1 Å². The number of alkyl halides is 3. The van der Waals surface area contributed by atoms with E-state index in [4.69, 9.17) is 34.8 Å². The average molecular weight is 399 g/mol. The fourth-order valence-electron chi connectivity index (χ4n) is 3.68. The molecule has 1 aliphatic rings. The second kappa shape index (κ2) is 6.75. The summed E-state index contributed by atoms with van der Waals surface area (Å²) in [5.41, 5.74) is 7.31. The molecule has 0 spiro atoms. The number of hydrogen-bond acceptors (Lipinski definition) is 1. The lowest BCUT2D eigenvalue weighted by Gasteiger charge is -2.41. The van der Waals surface area contributed by atoms with Crippen LogP contribution in [0.25, 0.3) is 0 Å². The number of aryl methyl sites for hydroxylation is 4. The largest absolute Gasteiger partial charge is 0.258 e. The summed E-state index contributed by atoms with van der Waals surface area (Å²) in [6.45, 7) is 10.1. The molecule has 1 saturated heterocycles. The number of nitrogens with zero attached hydrogens (tertiary/aromatic N) is 1. The van der Waals surface area contributed by atoms with Crippen molar-refractivity contribution in [2.45, 2.75) is 37.7 Å².